The molecule has 1 rings (SSSR count). The number of hydrogen-bond acceptors (Lipinski definition) is 4. The Kier molecular flexibility index (Phi) is 4.79. The molecule has 0 unspecified atom stereocenters. The molecule has 0 radical (unpaired) electrons. The standard InChI is InChI=1S/C11H12ClNO3/c1-16-11(14)10(13-15)7-4-8-2-5-9(12)6-3-8/h2-3,5-6,15H,4,7H2,1H3/b13-10+. The third-order valence-corrected chi connectivity index (χ3v) is 2.36. The molecule has 0 heterocycles. The number of oxime groups is 1. The first-order valence-corrected chi connectivity index (χ1v) is 5.09. The molecule has 4 nitrogen and oxygen atoms in total. The number of esters is 1. The molecule has 0 bridgehead atoms. The minimum Gasteiger partial charge on any atom is -0.464 e. The van der Waals surface area contributed by atoms with E-state index < -0.39 is 5.97 Å². The van der Waals surface area contributed by atoms with Gasteiger partial charge in [0.1, 0.15) is 0 Å². The van der Waals surface area contributed by atoms with Crippen LogP contribution in [0.15, 0.2) is 29.4 Å². The average molecular weight is 242 g/mol. The molecule has 0 atom stereocenters. The number of carbonyl (C=O) groups is 1. The van der Waals surface area contributed by atoms with Crippen LogP contribution in [0.1, 0.15) is 12.0 Å². The highest BCUT2D eigenvalue weighted by molar-refractivity contribution is 6.36. The smallest absolute Gasteiger partial charge is 0.355 e. The fourth-order valence-electron chi connectivity index (χ4n) is 1.22. The number of carbonyl (C=O) groups excluding carboxylic acids is 1. The molecular formula is C11H12ClNO3. The van der Waals surface area contributed by atoms with E-state index in [1.54, 1.807) is 12.1 Å². The maximum Gasteiger partial charge on any atom is 0.355 e. The maximum absolute atomic E-state index is 11.1. The van der Waals surface area contributed by atoms with Crippen molar-refractivity contribution in [3.05, 3.63) is 34.9 Å². The molecule has 0 saturated heterocycles. The number of rotatable bonds is 4. The summed E-state index contributed by atoms with van der Waals surface area (Å²) in [5, 5.41) is 12.2. The number of nitrogens with zero attached hydrogens (tertiary/aromatic N) is 1. The Morgan fingerprint density at radius 3 is 2.56 bits per heavy atom. The van der Waals surface area contributed by atoms with E-state index in [2.05, 4.69) is 9.89 Å². The van der Waals surface area contributed by atoms with Gasteiger partial charge in [0.15, 0.2) is 5.71 Å². The molecule has 0 fully saturated rings. The summed E-state index contributed by atoms with van der Waals surface area (Å²) in [7, 11) is 1.25. The van der Waals surface area contributed by atoms with E-state index >= 15 is 0 Å². The molecule has 5 heteroatoms. The predicted octanol–water partition coefficient (Wildman–Crippen LogP) is 2.28. The van der Waals surface area contributed by atoms with Gasteiger partial charge in [-0.3, -0.25) is 0 Å². The topological polar surface area (TPSA) is 58.9 Å². The summed E-state index contributed by atoms with van der Waals surface area (Å²) in [6.45, 7) is 0. The van der Waals surface area contributed by atoms with Crippen molar-refractivity contribution in [2.45, 2.75) is 12.8 Å². The van der Waals surface area contributed by atoms with Crippen LogP contribution >= 0.6 is 11.6 Å². The van der Waals surface area contributed by atoms with Crippen LogP contribution in [-0.4, -0.2) is 24.0 Å². The highest BCUT2D eigenvalue weighted by Crippen LogP contribution is 2.11. The number of aryl methyl sites for hydroxylation is 1. The van der Waals surface area contributed by atoms with Gasteiger partial charge in [-0.05, 0) is 24.1 Å². The molecule has 0 aromatic heterocycles. The second-order valence-corrected chi connectivity index (χ2v) is 3.60. The SMILES string of the molecule is COC(=O)/C(CCc1ccc(Cl)cc1)=N/O. The Bertz CT molecular complexity index is 387. The predicted molar refractivity (Wildman–Crippen MR) is 61.0 cm³/mol. The highest BCUT2D eigenvalue weighted by atomic mass is 35.5. The van der Waals surface area contributed by atoms with Crippen molar-refractivity contribution in [1.29, 1.82) is 0 Å². The Balaban J connectivity index is 2.57. The van der Waals surface area contributed by atoms with Crippen LogP contribution in [0.25, 0.3) is 0 Å². The molecule has 0 saturated carbocycles. The monoisotopic (exact) mass is 241 g/mol. The third kappa shape index (κ3) is 3.55. The molecule has 0 spiro atoms. The first-order chi connectivity index (χ1) is 7.67. The van der Waals surface area contributed by atoms with Crippen LogP contribution in [0, 0.1) is 0 Å². The Morgan fingerprint density at radius 2 is 2.06 bits per heavy atom. The molecule has 16 heavy (non-hydrogen) atoms. The maximum atomic E-state index is 11.1. The molecule has 1 N–H and O–H groups in total. The van der Waals surface area contributed by atoms with E-state index in [1.807, 2.05) is 12.1 Å². The van der Waals surface area contributed by atoms with E-state index in [9.17, 15) is 4.79 Å². The zero-order valence-electron chi connectivity index (χ0n) is 8.81. The second kappa shape index (κ2) is 6.12. The lowest BCUT2D eigenvalue weighted by Gasteiger charge is -2.02. The summed E-state index contributed by atoms with van der Waals surface area (Å²) in [6.07, 6.45) is 0.913. The molecule has 86 valence electrons. The minimum absolute atomic E-state index is 0.0115. The largest absolute Gasteiger partial charge is 0.464 e. The van der Waals surface area contributed by atoms with Crippen molar-refractivity contribution in [2.24, 2.45) is 5.16 Å². The van der Waals surface area contributed by atoms with Gasteiger partial charge < -0.3 is 9.94 Å². The van der Waals surface area contributed by atoms with Crippen molar-refractivity contribution in [2.75, 3.05) is 7.11 Å². The van der Waals surface area contributed by atoms with Crippen molar-refractivity contribution < 1.29 is 14.7 Å². The zero-order valence-corrected chi connectivity index (χ0v) is 9.57. The van der Waals surface area contributed by atoms with Crippen LogP contribution in [0.2, 0.25) is 5.02 Å². The van der Waals surface area contributed by atoms with E-state index in [0.717, 1.165) is 5.56 Å². The van der Waals surface area contributed by atoms with Gasteiger partial charge in [0, 0.05) is 11.4 Å². The minimum atomic E-state index is -0.614. The summed E-state index contributed by atoms with van der Waals surface area (Å²) in [5.74, 6) is -0.614. The van der Waals surface area contributed by atoms with Gasteiger partial charge in [-0.15, -0.1) is 0 Å². The van der Waals surface area contributed by atoms with Crippen LogP contribution in [0.4, 0.5) is 0 Å². The fraction of sp³-hybridized carbons (Fsp3) is 0.273. The Labute approximate surface area is 98.5 Å². The summed E-state index contributed by atoms with van der Waals surface area (Å²) in [4.78, 5) is 11.1. The van der Waals surface area contributed by atoms with Crippen molar-refractivity contribution >= 4 is 23.3 Å². The lowest BCUT2D eigenvalue weighted by Crippen LogP contribution is -2.16. The fourth-order valence-corrected chi connectivity index (χ4v) is 1.35. The normalized spacial score (nSPS) is 11.2. The molecule has 1 aromatic carbocycles. The second-order valence-electron chi connectivity index (χ2n) is 3.16. The Morgan fingerprint density at radius 1 is 1.44 bits per heavy atom. The van der Waals surface area contributed by atoms with E-state index in [-0.39, 0.29) is 5.71 Å². The van der Waals surface area contributed by atoms with Gasteiger partial charge in [-0.25, -0.2) is 4.79 Å². The molecule has 1 aromatic rings. The summed E-state index contributed by atoms with van der Waals surface area (Å²) >= 11 is 5.74. The molecule has 0 amide bonds. The van der Waals surface area contributed by atoms with Crippen LogP contribution in [-0.2, 0) is 16.0 Å². The van der Waals surface area contributed by atoms with E-state index in [1.165, 1.54) is 7.11 Å². The molecule has 0 aliphatic rings. The average Bonchev–Trinajstić information content (AvgIpc) is 2.31. The first-order valence-electron chi connectivity index (χ1n) is 4.71. The number of halogens is 1. The van der Waals surface area contributed by atoms with E-state index in [4.69, 9.17) is 16.8 Å². The van der Waals surface area contributed by atoms with Gasteiger partial charge in [0.2, 0.25) is 0 Å². The van der Waals surface area contributed by atoms with Gasteiger partial charge in [-0.1, -0.05) is 28.9 Å². The molecule has 0 aliphatic carbocycles. The number of methoxy groups -OCH3 is 1. The summed E-state index contributed by atoms with van der Waals surface area (Å²) in [5.41, 5.74) is 1.02. The van der Waals surface area contributed by atoms with E-state index in [0.29, 0.717) is 17.9 Å². The van der Waals surface area contributed by atoms with Crippen molar-refractivity contribution in [3.63, 3.8) is 0 Å². The van der Waals surface area contributed by atoms with Gasteiger partial charge >= 0.3 is 5.97 Å². The summed E-state index contributed by atoms with van der Waals surface area (Å²) < 4.78 is 4.46. The number of benzene rings is 1. The quantitative estimate of drug-likeness (QED) is 0.381. The molecule has 0 aliphatic heterocycles. The Hall–Kier alpha value is -1.55. The molecular weight excluding hydrogens is 230 g/mol. The van der Waals surface area contributed by atoms with Gasteiger partial charge in [0.25, 0.3) is 0 Å². The summed E-state index contributed by atoms with van der Waals surface area (Å²) in [6, 6.07) is 7.25. The number of hydrogen-bond donors (Lipinski definition) is 1. The van der Waals surface area contributed by atoms with Crippen molar-refractivity contribution in [3.8, 4) is 0 Å². The lowest BCUT2D eigenvalue weighted by atomic mass is 10.1. The van der Waals surface area contributed by atoms with Gasteiger partial charge in [-0.2, -0.15) is 0 Å². The highest BCUT2D eigenvalue weighted by Gasteiger charge is 2.12. The lowest BCUT2D eigenvalue weighted by molar-refractivity contribution is -0.133. The van der Waals surface area contributed by atoms with Crippen molar-refractivity contribution in [1.82, 2.24) is 0 Å². The van der Waals surface area contributed by atoms with Gasteiger partial charge in [0.05, 0.1) is 7.11 Å². The van der Waals surface area contributed by atoms with Crippen LogP contribution < -0.4 is 0 Å². The third-order valence-electron chi connectivity index (χ3n) is 2.11. The van der Waals surface area contributed by atoms with Crippen LogP contribution in [0.3, 0.4) is 0 Å². The van der Waals surface area contributed by atoms with Crippen LogP contribution in [0.5, 0.6) is 0 Å². The number of ether oxygens (including phenoxy) is 1. The first kappa shape index (κ1) is 12.5. The zero-order chi connectivity index (χ0) is 12.0.